The van der Waals surface area contributed by atoms with Gasteiger partial charge in [0, 0.05) is 0 Å². The summed E-state index contributed by atoms with van der Waals surface area (Å²) in [5.41, 5.74) is 1.86. The third-order valence-corrected chi connectivity index (χ3v) is 6.49. The molecule has 1 atom stereocenters. The van der Waals surface area contributed by atoms with Gasteiger partial charge in [-0.2, -0.15) is 5.26 Å². The van der Waals surface area contributed by atoms with E-state index in [1.54, 1.807) is 68.4 Å². The lowest BCUT2D eigenvalue weighted by atomic mass is 10.2. The number of nitriles is 1. The molecule has 174 valence electrons. The molecule has 34 heavy (non-hydrogen) atoms. The number of hydrogen-bond donors (Lipinski definition) is 2. The van der Waals surface area contributed by atoms with Gasteiger partial charge in [0.1, 0.15) is 6.07 Å². The molecule has 2 N–H and O–H groups in total. The van der Waals surface area contributed by atoms with Crippen molar-refractivity contribution in [2.75, 3.05) is 10.0 Å². The topological polar surface area (TPSA) is 125 Å². The Morgan fingerprint density at radius 2 is 1.62 bits per heavy atom. The summed E-state index contributed by atoms with van der Waals surface area (Å²) in [7, 11) is -3.98. The number of sulfonamides is 1. The summed E-state index contributed by atoms with van der Waals surface area (Å²) in [6.45, 7) is 4.84. The Hall–Kier alpha value is -4.16. The van der Waals surface area contributed by atoms with Crippen LogP contribution in [0.5, 0.6) is 0 Å². The molecule has 8 nitrogen and oxygen atoms in total. The number of carbonyl (C=O) groups is 2. The first kappa shape index (κ1) is 24.5. The van der Waals surface area contributed by atoms with Crippen molar-refractivity contribution in [2.24, 2.45) is 0 Å². The van der Waals surface area contributed by atoms with Gasteiger partial charge in [-0.05, 0) is 62.2 Å². The third kappa shape index (κ3) is 5.60. The third-order valence-electron chi connectivity index (χ3n) is 4.98. The second-order valence-electron chi connectivity index (χ2n) is 7.61. The maximum absolute atomic E-state index is 13.0. The number of anilines is 2. The first-order chi connectivity index (χ1) is 16.1. The average molecular weight is 478 g/mol. The number of para-hydroxylation sites is 2. The quantitative estimate of drug-likeness (QED) is 0.492. The molecule has 1 amide bonds. The van der Waals surface area contributed by atoms with Crippen LogP contribution in [0, 0.1) is 25.2 Å². The molecule has 0 radical (unpaired) electrons. The van der Waals surface area contributed by atoms with Crippen molar-refractivity contribution in [2.45, 2.75) is 31.8 Å². The summed E-state index contributed by atoms with van der Waals surface area (Å²) in [6, 6.07) is 19.4. The fourth-order valence-corrected chi connectivity index (χ4v) is 4.56. The Balaban J connectivity index is 1.78. The van der Waals surface area contributed by atoms with E-state index in [2.05, 4.69) is 10.0 Å². The Kier molecular flexibility index (Phi) is 7.34. The Labute approximate surface area is 198 Å². The van der Waals surface area contributed by atoms with E-state index in [1.165, 1.54) is 19.1 Å². The van der Waals surface area contributed by atoms with Gasteiger partial charge < -0.3 is 10.1 Å². The van der Waals surface area contributed by atoms with Gasteiger partial charge >= 0.3 is 5.97 Å². The predicted octanol–water partition coefficient (Wildman–Crippen LogP) is 4.16. The number of ether oxygens (including phenoxy) is 1. The number of esters is 1. The van der Waals surface area contributed by atoms with Crippen molar-refractivity contribution in [3.63, 3.8) is 0 Å². The summed E-state index contributed by atoms with van der Waals surface area (Å²) in [6.07, 6.45) is -1.21. The molecule has 0 aliphatic carbocycles. The van der Waals surface area contributed by atoms with Crippen LogP contribution in [0.1, 0.15) is 34.0 Å². The number of carbonyl (C=O) groups excluding carboxylic acids is 2. The molecule has 3 rings (SSSR count). The first-order valence-electron chi connectivity index (χ1n) is 10.3. The fraction of sp³-hybridized carbons (Fsp3) is 0.160. The van der Waals surface area contributed by atoms with Crippen LogP contribution in [-0.4, -0.2) is 26.4 Å². The molecule has 0 aromatic heterocycles. The van der Waals surface area contributed by atoms with Crippen LogP contribution in [0.2, 0.25) is 0 Å². The average Bonchev–Trinajstić information content (AvgIpc) is 2.80. The zero-order chi connectivity index (χ0) is 24.9. The van der Waals surface area contributed by atoms with Gasteiger partial charge in [-0.3, -0.25) is 9.52 Å². The van der Waals surface area contributed by atoms with Crippen molar-refractivity contribution in [1.29, 1.82) is 5.26 Å². The zero-order valence-corrected chi connectivity index (χ0v) is 19.6. The van der Waals surface area contributed by atoms with E-state index in [1.807, 2.05) is 6.07 Å². The van der Waals surface area contributed by atoms with E-state index in [0.717, 1.165) is 5.56 Å². The molecule has 0 aliphatic rings. The number of rotatable bonds is 7. The molecule has 0 aliphatic heterocycles. The molecule has 0 spiro atoms. The highest BCUT2D eigenvalue weighted by Crippen LogP contribution is 2.24. The molecule has 1 unspecified atom stereocenters. The highest BCUT2D eigenvalue weighted by atomic mass is 32.2. The van der Waals surface area contributed by atoms with Crippen LogP contribution in [0.25, 0.3) is 0 Å². The summed E-state index contributed by atoms with van der Waals surface area (Å²) in [5.74, 6) is -1.51. The molecule has 0 heterocycles. The smallest absolute Gasteiger partial charge is 0.341 e. The van der Waals surface area contributed by atoms with Crippen LogP contribution in [-0.2, 0) is 19.6 Å². The van der Waals surface area contributed by atoms with E-state index >= 15 is 0 Å². The van der Waals surface area contributed by atoms with Gasteiger partial charge in [0.2, 0.25) is 0 Å². The van der Waals surface area contributed by atoms with E-state index in [9.17, 15) is 18.0 Å². The van der Waals surface area contributed by atoms with Crippen molar-refractivity contribution in [3.05, 3.63) is 89.0 Å². The van der Waals surface area contributed by atoms with Crippen LogP contribution < -0.4 is 10.0 Å². The van der Waals surface area contributed by atoms with Crippen LogP contribution in [0.4, 0.5) is 11.4 Å². The van der Waals surface area contributed by atoms with E-state index in [0.29, 0.717) is 11.3 Å². The lowest BCUT2D eigenvalue weighted by molar-refractivity contribution is -0.123. The van der Waals surface area contributed by atoms with E-state index in [-0.39, 0.29) is 21.7 Å². The summed E-state index contributed by atoms with van der Waals surface area (Å²) in [4.78, 5) is 25.4. The Morgan fingerprint density at radius 3 is 2.32 bits per heavy atom. The van der Waals surface area contributed by atoms with Crippen LogP contribution in [0.15, 0.2) is 71.6 Å². The molecule has 0 fully saturated rings. The van der Waals surface area contributed by atoms with Gasteiger partial charge in [0.05, 0.1) is 27.4 Å². The summed E-state index contributed by atoms with van der Waals surface area (Å²) >= 11 is 0. The van der Waals surface area contributed by atoms with Crippen molar-refractivity contribution in [1.82, 2.24) is 0 Å². The highest BCUT2D eigenvalue weighted by Gasteiger charge is 2.24. The summed E-state index contributed by atoms with van der Waals surface area (Å²) < 4.78 is 33.7. The van der Waals surface area contributed by atoms with Gasteiger partial charge in [-0.25, -0.2) is 13.2 Å². The Morgan fingerprint density at radius 1 is 0.971 bits per heavy atom. The maximum atomic E-state index is 13.0. The summed E-state index contributed by atoms with van der Waals surface area (Å²) in [5, 5.41) is 11.7. The fourth-order valence-electron chi connectivity index (χ4n) is 3.15. The molecule has 0 saturated heterocycles. The lowest BCUT2D eigenvalue weighted by Crippen LogP contribution is -2.30. The minimum Gasteiger partial charge on any atom is -0.449 e. The van der Waals surface area contributed by atoms with Crippen molar-refractivity contribution in [3.8, 4) is 6.07 Å². The highest BCUT2D eigenvalue weighted by molar-refractivity contribution is 7.92. The standard InChI is InChI=1S/C25H23N3O5S/c1-16-12-13-17(2)23(14-16)34(31,32)28-22-11-7-5-9-20(22)25(30)33-18(3)24(29)27-21-10-6-4-8-19(21)15-26/h4-14,18,28H,1-3H3,(H,27,29). The number of aryl methyl sites for hydroxylation is 2. The second kappa shape index (κ2) is 10.2. The molecular formula is C25H23N3O5S. The number of benzene rings is 3. The van der Waals surface area contributed by atoms with Crippen molar-refractivity contribution >= 4 is 33.3 Å². The minimum absolute atomic E-state index is 0.0239. The van der Waals surface area contributed by atoms with E-state index in [4.69, 9.17) is 10.00 Å². The van der Waals surface area contributed by atoms with E-state index < -0.39 is 28.0 Å². The molecule has 9 heteroatoms. The van der Waals surface area contributed by atoms with Gasteiger partial charge in [-0.15, -0.1) is 0 Å². The normalized spacial score (nSPS) is 11.7. The van der Waals surface area contributed by atoms with Gasteiger partial charge in [-0.1, -0.05) is 36.4 Å². The largest absolute Gasteiger partial charge is 0.449 e. The number of amides is 1. The Bertz CT molecular complexity index is 1390. The zero-order valence-electron chi connectivity index (χ0n) is 18.8. The molecule has 0 saturated carbocycles. The second-order valence-corrected chi connectivity index (χ2v) is 9.27. The number of nitrogens with one attached hydrogen (secondary N) is 2. The molecular weight excluding hydrogens is 454 g/mol. The van der Waals surface area contributed by atoms with Crippen LogP contribution >= 0.6 is 0 Å². The van der Waals surface area contributed by atoms with Crippen molar-refractivity contribution < 1.29 is 22.7 Å². The molecule has 0 bridgehead atoms. The minimum atomic E-state index is -3.98. The van der Waals surface area contributed by atoms with Crippen LogP contribution in [0.3, 0.4) is 0 Å². The van der Waals surface area contributed by atoms with Gasteiger partial charge in [0.15, 0.2) is 6.10 Å². The first-order valence-corrected chi connectivity index (χ1v) is 11.8. The monoisotopic (exact) mass is 477 g/mol. The maximum Gasteiger partial charge on any atom is 0.341 e. The number of nitrogens with zero attached hydrogens (tertiary/aromatic N) is 1. The van der Waals surface area contributed by atoms with Gasteiger partial charge in [0.25, 0.3) is 15.9 Å². The molecule has 3 aromatic rings. The number of hydrogen-bond acceptors (Lipinski definition) is 6. The predicted molar refractivity (Wildman–Crippen MR) is 128 cm³/mol. The lowest BCUT2D eigenvalue weighted by Gasteiger charge is -2.17. The SMILES string of the molecule is Cc1ccc(C)c(S(=O)(=O)Nc2ccccc2C(=O)OC(C)C(=O)Nc2ccccc2C#N)c1. The molecule has 3 aromatic carbocycles.